The van der Waals surface area contributed by atoms with Crippen LogP contribution in [0.3, 0.4) is 0 Å². The first-order valence-corrected chi connectivity index (χ1v) is 9.50. The minimum atomic E-state index is 0.172. The number of hydrogen-bond acceptors (Lipinski definition) is 0. The number of hydrogen-bond donors (Lipinski definition) is 0. The van der Waals surface area contributed by atoms with Gasteiger partial charge in [0.05, 0.1) is 11.0 Å². The summed E-state index contributed by atoms with van der Waals surface area (Å²) in [5, 5.41) is 2.66. The summed E-state index contributed by atoms with van der Waals surface area (Å²) >= 11 is 0. The number of rotatable bonds is 2. The highest BCUT2D eigenvalue weighted by Crippen LogP contribution is 2.34. The van der Waals surface area contributed by atoms with Crippen molar-refractivity contribution in [2.24, 2.45) is 0 Å². The van der Waals surface area contributed by atoms with E-state index in [0.29, 0.717) is 5.92 Å². The minimum Gasteiger partial charge on any atom is -0.309 e. The molecule has 1 heteroatoms. The van der Waals surface area contributed by atoms with Crippen LogP contribution in [0.5, 0.6) is 0 Å². The van der Waals surface area contributed by atoms with E-state index in [4.69, 9.17) is 0 Å². The Morgan fingerprint density at radius 3 is 2.04 bits per heavy atom. The van der Waals surface area contributed by atoms with Gasteiger partial charge in [-0.05, 0) is 52.8 Å². The first kappa shape index (κ1) is 16.9. The molecule has 132 valence electrons. The summed E-state index contributed by atoms with van der Waals surface area (Å²) in [6.45, 7) is 11.3. The maximum absolute atomic E-state index is 2.39. The van der Waals surface area contributed by atoms with Crippen LogP contribution in [0.2, 0.25) is 0 Å². The van der Waals surface area contributed by atoms with Gasteiger partial charge in [-0.3, -0.25) is 0 Å². The lowest BCUT2D eigenvalue weighted by Crippen LogP contribution is -2.10. The molecule has 4 aromatic rings. The number of benzene rings is 3. The summed E-state index contributed by atoms with van der Waals surface area (Å²) in [5.74, 6) is 0.535. The van der Waals surface area contributed by atoms with Gasteiger partial charge >= 0.3 is 0 Å². The molecule has 1 aromatic heterocycles. The first-order chi connectivity index (χ1) is 12.4. The first-order valence-electron chi connectivity index (χ1n) is 9.50. The van der Waals surface area contributed by atoms with E-state index in [2.05, 4.69) is 106 Å². The Balaban J connectivity index is 1.99. The molecule has 1 heterocycles. The highest BCUT2D eigenvalue weighted by Gasteiger charge is 2.16. The molecule has 26 heavy (non-hydrogen) atoms. The normalized spacial score (nSPS) is 12.4. The van der Waals surface area contributed by atoms with Crippen LogP contribution in [0.1, 0.15) is 51.7 Å². The molecule has 0 aliphatic rings. The lowest BCUT2D eigenvalue weighted by Gasteiger charge is -2.19. The zero-order chi connectivity index (χ0) is 18.5. The van der Waals surface area contributed by atoms with Crippen LogP contribution >= 0.6 is 0 Å². The summed E-state index contributed by atoms with van der Waals surface area (Å²) < 4.78 is 2.39. The van der Waals surface area contributed by atoms with Crippen molar-refractivity contribution >= 4 is 21.8 Å². The fourth-order valence-electron chi connectivity index (χ4n) is 3.74. The summed E-state index contributed by atoms with van der Waals surface area (Å²) in [5.41, 5.74) is 6.70. The lowest BCUT2D eigenvalue weighted by molar-refractivity contribution is 0.590. The third-order valence-electron chi connectivity index (χ3n) is 5.35. The molecule has 0 saturated heterocycles. The molecule has 0 aliphatic carbocycles. The van der Waals surface area contributed by atoms with E-state index < -0.39 is 0 Å². The fourth-order valence-corrected chi connectivity index (χ4v) is 3.74. The number of fused-ring (bicyclic) bond motifs is 3. The molecule has 0 spiro atoms. The summed E-state index contributed by atoms with van der Waals surface area (Å²) in [7, 11) is 0. The predicted molar refractivity (Wildman–Crippen MR) is 114 cm³/mol. The highest BCUT2D eigenvalue weighted by molar-refractivity contribution is 6.09. The quantitative estimate of drug-likeness (QED) is 0.363. The van der Waals surface area contributed by atoms with Crippen molar-refractivity contribution in [3.05, 3.63) is 77.9 Å². The Hall–Kier alpha value is -2.54. The molecule has 1 nitrogen and oxygen atoms in total. The smallest absolute Gasteiger partial charge is 0.0541 e. The Bertz CT molecular complexity index is 1070. The standard InChI is InChI=1S/C25H27N/c1-17(2)18-10-15-24-22(16-18)21-8-6-7-9-23(21)26(24)20-13-11-19(12-14-20)25(3,4)5/h6-17H,1-5H3. The van der Waals surface area contributed by atoms with Gasteiger partial charge in [-0.25, -0.2) is 0 Å². The van der Waals surface area contributed by atoms with Crippen LogP contribution in [-0.4, -0.2) is 4.57 Å². The molecular formula is C25H27N. The second-order valence-corrected chi connectivity index (χ2v) is 8.58. The van der Waals surface area contributed by atoms with Gasteiger partial charge in [0.2, 0.25) is 0 Å². The second-order valence-electron chi connectivity index (χ2n) is 8.58. The Morgan fingerprint density at radius 2 is 1.38 bits per heavy atom. The summed E-state index contributed by atoms with van der Waals surface area (Å²) in [6.07, 6.45) is 0. The van der Waals surface area contributed by atoms with Crippen molar-refractivity contribution in [2.75, 3.05) is 0 Å². The molecule has 0 unspecified atom stereocenters. The van der Waals surface area contributed by atoms with E-state index in [1.54, 1.807) is 0 Å². The zero-order valence-corrected chi connectivity index (χ0v) is 16.4. The maximum atomic E-state index is 2.39. The van der Waals surface area contributed by atoms with Gasteiger partial charge in [0.15, 0.2) is 0 Å². The van der Waals surface area contributed by atoms with Crippen molar-refractivity contribution < 1.29 is 0 Å². The zero-order valence-electron chi connectivity index (χ0n) is 16.4. The van der Waals surface area contributed by atoms with Crippen LogP contribution in [0.15, 0.2) is 66.7 Å². The van der Waals surface area contributed by atoms with Gasteiger partial charge in [0.25, 0.3) is 0 Å². The Labute approximate surface area is 156 Å². The summed E-state index contributed by atoms with van der Waals surface area (Å²) in [4.78, 5) is 0. The lowest BCUT2D eigenvalue weighted by atomic mass is 9.87. The maximum Gasteiger partial charge on any atom is 0.0541 e. The fraction of sp³-hybridized carbons (Fsp3) is 0.280. The van der Waals surface area contributed by atoms with Crippen molar-refractivity contribution in [1.82, 2.24) is 4.57 Å². The highest BCUT2D eigenvalue weighted by atomic mass is 15.0. The average molecular weight is 341 g/mol. The van der Waals surface area contributed by atoms with Gasteiger partial charge in [-0.15, -0.1) is 0 Å². The van der Waals surface area contributed by atoms with Crippen molar-refractivity contribution in [2.45, 2.75) is 46.0 Å². The molecule has 0 atom stereocenters. The SMILES string of the molecule is CC(C)c1ccc2c(c1)c1ccccc1n2-c1ccc(C(C)(C)C)cc1. The Kier molecular flexibility index (Phi) is 3.91. The van der Waals surface area contributed by atoms with E-state index in [1.165, 1.54) is 38.6 Å². The number of para-hydroxylation sites is 1. The van der Waals surface area contributed by atoms with Crippen molar-refractivity contribution in [1.29, 1.82) is 0 Å². The molecule has 0 aliphatic heterocycles. The van der Waals surface area contributed by atoms with Crippen LogP contribution in [0.4, 0.5) is 0 Å². The molecule has 0 N–H and O–H groups in total. The van der Waals surface area contributed by atoms with Crippen LogP contribution < -0.4 is 0 Å². The van der Waals surface area contributed by atoms with E-state index in [-0.39, 0.29) is 5.41 Å². The average Bonchev–Trinajstić information content (AvgIpc) is 2.95. The van der Waals surface area contributed by atoms with Gasteiger partial charge in [0, 0.05) is 16.5 Å². The van der Waals surface area contributed by atoms with E-state index in [0.717, 1.165) is 0 Å². The Morgan fingerprint density at radius 1 is 0.731 bits per heavy atom. The second kappa shape index (κ2) is 6.02. The van der Waals surface area contributed by atoms with E-state index in [9.17, 15) is 0 Å². The molecule has 0 amide bonds. The third-order valence-corrected chi connectivity index (χ3v) is 5.35. The molecular weight excluding hydrogens is 314 g/mol. The topological polar surface area (TPSA) is 4.93 Å². The molecule has 4 rings (SSSR count). The van der Waals surface area contributed by atoms with Gasteiger partial charge in [0.1, 0.15) is 0 Å². The minimum absolute atomic E-state index is 0.172. The monoisotopic (exact) mass is 341 g/mol. The van der Waals surface area contributed by atoms with E-state index in [1.807, 2.05) is 0 Å². The van der Waals surface area contributed by atoms with Crippen LogP contribution in [-0.2, 0) is 5.41 Å². The molecule has 0 fully saturated rings. The van der Waals surface area contributed by atoms with Gasteiger partial charge in [-0.1, -0.05) is 71.0 Å². The van der Waals surface area contributed by atoms with E-state index >= 15 is 0 Å². The largest absolute Gasteiger partial charge is 0.309 e. The molecule has 0 saturated carbocycles. The van der Waals surface area contributed by atoms with Crippen LogP contribution in [0.25, 0.3) is 27.5 Å². The van der Waals surface area contributed by atoms with Crippen molar-refractivity contribution in [3.63, 3.8) is 0 Å². The molecule has 3 aromatic carbocycles. The third kappa shape index (κ3) is 2.72. The molecule has 0 radical (unpaired) electrons. The van der Waals surface area contributed by atoms with Crippen LogP contribution in [0, 0.1) is 0 Å². The number of aromatic nitrogens is 1. The predicted octanol–water partition coefficient (Wildman–Crippen LogP) is 7.20. The van der Waals surface area contributed by atoms with Gasteiger partial charge < -0.3 is 4.57 Å². The number of nitrogens with zero attached hydrogens (tertiary/aromatic N) is 1. The summed E-state index contributed by atoms with van der Waals surface area (Å²) in [6, 6.07) is 24.7. The van der Waals surface area contributed by atoms with Crippen molar-refractivity contribution in [3.8, 4) is 5.69 Å². The van der Waals surface area contributed by atoms with Gasteiger partial charge in [-0.2, -0.15) is 0 Å². The molecule has 0 bridgehead atoms.